The minimum absolute atomic E-state index is 0.0610. The summed E-state index contributed by atoms with van der Waals surface area (Å²) in [6, 6.07) is 0. The van der Waals surface area contributed by atoms with Crippen LogP contribution in [0.2, 0.25) is 0 Å². The van der Waals surface area contributed by atoms with Crippen LogP contribution >= 0.6 is 0 Å². The second-order valence-corrected chi connectivity index (χ2v) is 5.51. The summed E-state index contributed by atoms with van der Waals surface area (Å²) < 4.78 is 13.3. The molecule has 0 aromatic carbocycles. The Morgan fingerprint density at radius 2 is 2.35 bits per heavy atom. The molecule has 2 fully saturated rings. The molecule has 1 unspecified atom stereocenters. The second-order valence-electron chi connectivity index (χ2n) is 5.51. The molecule has 0 saturated carbocycles. The third kappa shape index (κ3) is 2.58. The van der Waals surface area contributed by atoms with Crippen molar-refractivity contribution in [3.8, 4) is 5.88 Å². The van der Waals surface area contributed by atoms with E-state index in [0.717, 1.165) is 32.4 Å². The van der Waals surface area contributed by atoms with Crippen molar-refractivity contribution in [3.05, 3.63) is 22.7 Å². The van der Waals surface area contributed by atoms with Crippen molar-refractivity contribution in [2.45, 2.75) is 44.4 Å². The maximum Gasteiger partial charge on any atom is 0.313 e. The van der Waals surface area contributed by atoms with Crippen LogP contribution in [0.3, 0.4) is 0 Å². The third-order valence-electron chi connectivity index (χ3n) is 4.19. The zero-order chi connectivity index (χ0) is 14.0. The van der Waals surface area contributed by atoms with Crippen LogP contribution in [0.25, 0.3) is 0 Å². The maximum atomic E-state index is 12.1. The van der Waals surface area contributed by atoms with Crippen LogP contribution in [0.15, 0.2) is 17.2 Å². The molecular weight excluding hydrogens is 258 g/mol. The molecule has 2 aliphatic heterocycles. The van der Waals surface area contributed by atoms with Gasteiger partial charge in [-0.1, -0.05) is 0 Å². The first-order valence-electron chi connectivity index (χ1n) is 7.29. The fourth-order valence-electron chi connectivity index (χ4n) is 3.02. The molecule has 1 spiro atoms. The molecule has 2 saturated heterocycles. The van der Waals surface area contributed by atoms with Gasteiger partial charge in [0.2, 0.25) is 0 Å². The number of nitrogens with one attached hydrogen (secondary N) is 1. The summed E-state index contributed by atoms with van der Waals surface area (Å²) in [5.41, 5.74) is -0.227. The molecule has 1 aromatic heterocycles. The fourth-order valence-corrected chi connectivity index (χ4v) is 3.02. The molecule has 0 bridgehead atoms. The lowest BCUT2D eigenvalue weighted by molar-refractivity contribution is -0.0206. The van der Waals surface area contributed by atoms with Crippen LogP contribution in [-0.4, -0.2) is 41.0 Å². The van der Waals surface area contributed by atoms with Gasteiger partial charge in [-0.15, -0.1) is 0 Å². The zero-order valence-corrected chi connectivity index (χ0v) is 11.8. The van der Waals surface area contributed by atoms with E-state index in [4.69, 9.17) is 9.47 Å². The van der Waals surface area contributed by atoms with Gasteiger partial charge >= 0.3 is 5.56 Å². The largest absolute Gasteiger partial charge is 0.468 e. The van der Waals surface area contributed by atoms with Gasteiger partial charge < -0.3 is 19.4 Å². The van der Waals surface area contributed by atoms with Crippen LogP contribution < -0.4 is 15.6 Å². The Bertz CT molecular complexity index is 523. The van der Waals surface area contributed by atoms with Crippen molar-refractivity contribution in [3.63, 3.8) is 0 Å². The number of hydrogen-bond donors (Lipinski definition) is 1. The van der Waals surface area contributed by atoms with E-state index in [-0.39, 0.29) is 23.1 Å². The first-order valence-corrected chi connectivity index (χ1v) is 7.29. The predicted molar refractivity (Wildman–Crippen MR) is 74.0 cm³/mol. The molecule has 2 aliphatic rings. The highest BCUT2D eigenvalue weighted by molar-refractivity contribution is 5.06. The van der Waals surface area contributed by atoms with Gasteiger partial charge in [0.05, 0.1) is 12.2 Å². The molecule has 0 aliphatic carbocycles. The van der Waals surface area contributed by atoms with Gasteiger partial charge in [0.25, 0.3) is 5.88 Å². The zero-order valence-electron chi connectivity index (χ0n) is 11.8. The van der Waals surface area contributed by atoms with Gasteiger partial charge in [0.1, 0.15) is 6.10 Å². The molecule has 1 atom stereocenters. The summed E-state index contributed by atoms with van der Waals surface area (Å²) in [5, 5.41) is 3.34. The van der Waals surface area contributed by atoms with E-state index in [1.807, 2.05) is 6.92 Å². The topological polar surface area (TPSA) is 65.4 Å². The van der Waals surface area contributed by atoms with Crippen molar-refractivity contribution >= 4 is 0 Å². The monoisotopic (exact) mass is 279 g/mol. The highest BCUT2D eigenvalue weighted by Crippen LogP contribution is 2.34. The molecule has 3 rings (SSSR count). The van der Waals surface area contributed by atoms with Crippen molar-refractivity contribution in [2.24, 2.45) is 0 Å². The van der Waals surface area contributed by atoms with E-state index in [9.17, 15) is 4.79 Å². The number of aryl methyl sites for hydroxylation is 1. The third-order valence-corrected chi connectivity index (χ3v) is 4.19. The van der Waals surface area contributed by atoms with Crippen molar-refractivity contribution in [2.75, 3.05) is 19.7 Å². The predicted octanol–water partition coefficient (Wildman–Crippen LogP) is 0.553. The van der Waals surface area contributed by atoms with E-state index in [1.54, 1.807) is 17.0 Å². The van der Waals surface area contributed by atoms with Crippen LogP contribution in [0.4, 0.5) is 0 Å². The highest BCUT2D eigenvalue weighted by atomic mass is 16.6. The molecule has 0 radical (unpaired) electrons. The Hall–Kier alpha value is -1.40. The molecule has 6 heteroatoms. The Labute approximate surface area is 118 Å². The minimum Gasteiger partial charge on any atom is -0.468 e. The summed E-state index contributed by atoms with van der Waals surface area (Å²) in [6.45, 7) is 5.06. The SMILES string of the molecule is CCn1ccnc(OC2COC3(CCNCC3)C2)c1=O. The average molecular weight is 279 g/mol. The fraction of sp³-hybridized carbons (Fsp3) is 0.714. The number of rotatable bonds is 3. The van der Waals surface area contributed by atoms with Gasteiger partial charge in [0.15, 0.2) is 0 Å². The van der Waals surface area contributed by atoms with Gasteiger partial charge in [-0.05, 0) is 32.9 Å². The van der Waals surface area contributed by atoms with Crippen LogP contribution in [-0.2, 0) is 11.3 Å². The maximum absolute atomic E-state index is 12.1. The van der Waals surface area contributed by atoms with Crippen LogP contribution in [0, 0.1) is 0 Å². The summed E-state index contributed by atoms with van der Waals surface area (Å²) in [4.78, 5) is 16.1. The minimum atomic E-state index is -0.165. The summed E-state index contributed by atoms with van der Waals surface area (Å²) >= 11 is 0. The highest BCUT2D eigenvalue weighted by Gasteiger charge is 2.42. The van der Waals surface area contributed by atoms with Crippen molar-refractivity contribution < 1.29 is 9.47 Å². The Morgan fingerprint density at radius 1 is 1.55 bits per heavy atom. The first kappa shape index (κ1) is 13.6. The molecule has 20 heavy (non-hydrogen) atoms. The summed E-state index contributed by atoms with van der Waals surface area (Å²) in [5.74, 6) is 0.189. The Balaban J connectivity index is 1.69. The quantitative estimate of drug-likeness (QED) is 0.875. The normalized spacial score (nSPS) is 24.9. The molecular formula is C14H21N3O3. The number of piperidine rings is 1. The molecule has 0 amide bonds. The first-order chi connectivity index (χ1) is 9.72. The van der Waals surface area contributed by atoms with Crippen molar-refractivity contribution in [1.82, 2.24) is 14.9 Å². The summed E-state index contributed by atoms with van der Waals surface area (Å²) in [7, 11) is 0. The molecule has 6 nitrogen and oxygen atoms in total. The lowest BCUT2D eigenvalue weighted by Crippen LogP contribution is -2.41. The van der Waals surface area contributed by atoms with Crippen LogP contribution in [0.5, 0.6) is 5.88 Å². The lowest BCUT2D eigenvalue weighted by Gasteiger charge is -2.32. The molecule has 110 valence electrons. The van der Waals surface area contributed by atoms with E-state index in [2.05, 4.69) is 10.3 Å². The van der Waals surface area contributed by atoms with E-state index >= 15 is 0 Å². The second kappa shape index (κ2) is 5.54. The Morgan fingerprint density at radius 3 is 3.10 bits per heavy atom. The molecule has 3 heterocycles. The smallest absolute Gasteiger partial charge is 0.313 e. The lowest BCUT2D eigenvalue weighted by atomic mass is 9.89. The van der Waals surface area contributed by atoms with Gasteiger partial charge in [-0.25, -0.2) is 4.98 Å². The summed E-state index contributed by atoms with van der Waals surface area (Å²) in [6.07, 6.45) is 6.07. The molecule has 1 aromatic rings. The Kier molecular flexibility index (Phi) is 3.76. The van der Waals surface area contributed by atoms with Gasteiger partial charge in [-0.2, -0.15) is 0 Å². The number of ether oxygens (including phenoxy) is 2. The number of nitrogens with zero attached hydrogens (tertiary/aromatic N) is 2. The van der Waals surface area contributed by atoms with Gasteiger partial charge in [0, 0.05) is 25.4 Å². The van der Waals surface area contributed by atoms with E-state index < -0.39 is 0 Å². The molecule has 1 N–H and O–H groups in total. The van der Waals surface area contributed by atoms with E-state index in [1.165, 1.54) is 0 Å². The number of aromatic nitrogens is 2. The average Bonchev–Trinajstić information content (AvgIpc) is 2.84. The standard InChI is InChI=1S/C14H21N3O3/c1-2-17-8-7-16-12(13(17)18)20-11-9-14(19-10-11)3-5-15-6-4-14/h7-8,11,15H,2-6,9-10H2,1H3. The van der Waals surface area contributed by atoms with E-state index in [0.29, 0.717) is 13.2 Å². The van der Waals surface area contributed by atoms with Crippen molar-refractivity contribution in [1.29, 1.82) is 0 Å². The number of hydrogen-bond acceptors (Lipinski definition) is 5. The van der Waals surface area contributed by atoms with Crippen LogP contribution in [0.1, 0.15) is 26.2 Å². The van der Waals surface area contributed by atoms with Gasteiger partial charge in [-0.3, -0.25) is 4.79 Å².